The molecule has 1 heterocycles. The van der Waals surface area contributed by atoms with Gasteiger partial charge in [0.2, 0.25) is 0 Å². The van der Waals surface area contributed by atoms with E-state index in [1.807, 2.05) is 13.0 Å². The Bertz CT molecular complexity index is 954. The topological polar surface area (TPSA) is 39.7 Å². The average molecular weight is 404 g/mol. The first-order valence-electron chi connectivity index (χ1n) is 10.6. The Balaban J connectivity index is 1.47. The van der Waals surface area contributed by atoms with Crippen molar-refractivity contribution in [3.8, 4) is 17.2 Å². The fraction of sp³-hybridized carbons (Fsp3) is 0.308. The molecule has 0 radical (unpaired) electrons. The standard InChI is InChI=1S/C26H29NO3/c1-3-29-25-18-23-21(17-24(25)28-2)13-15-27-26(23)20-9-11-22(12-10-20)30-16-14-19-7-5-4-6-8-19/h4-12,17-18,26-27H,3,13-16H2,1-2H3. The Kier molecular flexibility index (Phi) is 6.55. The molecule has 0 bridgehead atoms. The molecule has 4 rings (SSSR count). The highest BCUT2D eigenvalue weighted by Gasteiger charge is 2.24. The zero-order chi connectivity index (χ0) is 20.8. The predicted molar refractivity (Wildman–Crippen MR) is 120 cm³/mol. The van der Waals surface area contributed by atoms with Crippen LogP contribution in [0.4, 0.5) is 0 Å². The second-order valence-corrected chi connectivity index (χ2v) is 7.43. The second-order valence-electron chi connectivity index (χ2n) is 7.43. The predicted octanol–water partition coefficient (Wildman–Crippen LogP) is 4.95. The maximum absolute atomic E-state index is 5.95. The zero-order valence-corrected chi connectivity index (χ0v) is 17.7. The van der Waals surface area contributed by atoms with Gasteiger partial charge in [-0.1, -0.05) is 42.5 Å². The largest absolute Gasteiger partial charge is 0.493 e. The van der Waals surface area contributed by atoms with Crippen molar-refractivity contribution in [3.63, 3.8) is 0 Å². The van der Waals surface area contributed by atoms with Crippen molar-refractivity contribution >= 4 is 0 Å². The molecule has 0 saturated heterocycles. The molecule has 156 valence electrons. The van der Waals surface area contributed by atoms with Gasteiger partial charge in [0.25, 0.3) is 0 Å². The smallest absolute Gasteiger partial charge is 0.161 e. The van der Waals surface area contributed by atoms with Crippen LogP contribution in [0, 0.1) is 0 Å². The van der Waals surface area contributed by atoms with Crippen LogP contribution in [-0.2, 0) is 12.8 Å². The number of methoxy groups -OCH3 is 1. The molecule has 4 nitrogen and oxygen atoms in total. The van der Waals surface area contributed by atoms with Crippen molar-refractivity contribution in [2.45, 2.75) is 25.8 Å². The number of ether oxygens (including phenoxy) is 3. The number of hydrogen-bond donors (Lipinski definition) is 1. The van der Waals surface area contributed by atoms with Gasteiger partial charge in [-0.15, -0.1) is 0 Å². The summed E-state index contributed by atoms with van der Waals surface area (Å²) in [4.78, 5) is 0. The molecule has 1 aliphatic rings. The van der Waals surface area contributed by atoms with Crippen LogP contribution < -0.4 is 19.5 Å². The molecule has 0 fully saturated rings. The van der Waals surface area contributed by atoms with E-state index in [0.29, 0.717) is 13.2 Å². The van der Waals surface area contributed by atoms with Gasteiger partial charge in [0, 0.05) is 13.0 Å². The van der Waals surface area contributed by atoms with Crippen molar-refractivity contribution in [1.82, 2.24) is 5.32 Å². The summed E-state index contributed by atoms with van der Waals surface area (Å²) in [7, 11) is 1.69. The summed E-state index contributed by atoms with van der Waals surface area (Å²) in [6.45, 7) is 4.21. The fourth-order valence-corrected chi connectivity index (χ4v) is 3.98. The number of rotatable bonds is 8. The van der Waals surface area contributed by atoms with Crippen LogP contribution in [0.5, 0.6) is 17.2 Å². The average Bonchev–Trinajstić information content (AvgIpc) is 2.80. The lowest BCUT2D eigenvalue weighted by atomic mass is 9.89. The molecule has 30 heavy (non-hydrogen) atoms. The quantitative estimate of drug-likeness (QED) is 0.578. The van der Waals surface area contributed by atoms with Crippen molar-refractivity contribution in [2.24, 2.45) is 0 Å². The summed E-state index contributed by atoms with van der Waals surface area (Å²) in [5.41, 5.74) is 5.07. The van der Waals surface area contributed by atoms with E-state index in [4.69, 9.17) is 14.2 Å². The summed E-state index contributed by atoms with van der Waals surface area (Å²) >= 11 is 0. The van der Waals surface area contributed by atoms with Crippen LogP contribution >= 0.6 is 0 Å². The van der Waals surface area contributed by atoms with Gasteiger partial charge in [-0.3, -0.25) is 0 Å². The molecular formula is C26H29NO3. The van der Waals surface area contributed by atoms with Crippen LogP contribution in [-0.4, -0.2) is 26.9 Å². The van der Waals surface area contributed by atoms with E-state index in [1.54, 1.807) is 7.11 Å². The van der Waals surface area contributed by atoms with Crippen molar-refractivity contribution in [3.05, 3.63) is 89.0 Å². The van der Waals surface area contributed by atoms with E-state index in [2.05, 4.69) is 66.0 Å². The first kappa shape index (κ1) is 20.3. The number of benzene rings is 3. The first-order valence-corrected chi connectivity index (χ1v) is 10.6. The molecule has 1 aliphatic heterocycles. The van der Waals surface area contributed by atoms with Crippen LogP contribution in [0.15, 0.2) is 66.7 Å². The Morgan fingerprint density at radius 3 is 2.47 bits per heavy atom. The summed E-state index contributed by atoms with van der Waals surface area (Å²) in [6, 6.07) is 23.2. The number of fused-ring (bicyclic) bond motifs is 1. The third-order valence-corrected chi connectivity index (χ3v) is 5.49. The van der Waals surface area contributed by atoms with Crippen LogP contribution in [0.2, 0.25) is 0 Å². The normalized spacial score (nSPS) is 15.3. The monoisotopic (exact) mass is 403 g/mol. The summed E-state index contributed by atoms with van der Waals surface area (Å²) in [6.07, 6.45) is 1.89. The molecule has 1 atom stereocenters. The van der Waals surface area contributed by atoms with E-state index in [9.17, 15) is 0 Å². The van der Waals surface area contributed by atoms with Crippen molar-refractivity contribution in [2.75, 3.05) is 26.9 Å². The fourth-order valence-electron chi connectivity index (χ4n) is 3.98. The van der Waals surface area contributed by atoms with Crippen molar-refractivity contribution < 1.29 is 14.2 Å². The van der Waals surface area contributed by atoms with Gasteiger partial charge >= 0.3 is 0 Å². The molecular weight excluding hydrogens is 374 g/mol. The first-order chi connectivity index (χ1) is 14.8. The van der Waals surface area contributed by atoms with Gasteiger partial charge in [-0.25, -0.2) is 0 Å². The van der Waals surface area contributed by atoms with E-state index >= 15 is 0 Å². The van der Waals surface area contributed by atoms with Gasteiger partial charge in [-0.2, -0.15) is 0 Å². The minimum atomic E-state index is 0.136. The SMILES string of the molecule is CCOc1cc2c(cc1OC)CCNC2c1ccc(OCCc2ccccc2)cc1. The lowest BCUT2D eigenvalue weighted by Gasteiger charge is -2.28. The highest BCUT2D eigenvalue weighted by molar-refractivity contribution is 5.52. The van der Waals surface area contributed by atoms with Gasteiger partial charge in [0.05, 0.1) is 26.4 Å². The van der Waals surface area contributed by atoms with Gasteiger partial charge < -0.3 is 19.5 Å². The number of nitrogens with one attached hydrogen (secondary N) is 1. The third kappa shape index (κ3) is 4.60. The Labute approximate surface area is 178 Å². The molecule has 0 aliphatic carbocycles. The highest BCUT2D eigenvalue weighted by Crippen LogP contribution is 2.37. The maximum atomic E-state index is 5.95. The summed E-state index contributed by atoms with van der Waals surface area (Å²) in [5.74, 6) is 2.50. The molecule has 3 aromatic rings. The molecule has 1 N–H and O–H groups in total. The molecule has 4 heteroatoms. The van der Waals surface area contributed by atoms with Crippen molar-refractivity contribution in [1.29, 1.82) is 0 Å². The summed E-state index contributed by atoms with van der Waals surface area (Å²) in [5, 5.41) is 3.65. The van der Waals surface area contributed by atoms with Gasteiger partial charge in [0.1, 0.15) is 5.75 Å². The number of hydrogen-bond acceptors (Lipinski definition) is 4. The van der Waals surface area contributed by atoms with E-state index in [-0.39, 0.29) is 6.04 Å². The third-order valence-electron chi connectivity index (χ3n) is 5.49. The maximum Gasteiger partial charge on any atom is 0.161 e. The molecule has 0 spiro atoms. The second kappa shape index (κ2) is 9.68. The molecule has 0 amide bonds. The minimum Gasteiger partial charge on any atom is -0.493 e. The Hall–Kier alpha value is -2.98. The van der Waals surface area contributed by atoms with E-state index < -0.39 is 0 Å². The van der Waals surface area contributed by atoms with Gasteiger partial charge in [0.15, 0.2) is 11.5 Å². The van der Waals surface area contributed by atoms with Crippen LogP contribution in [0.25, 0.3) is 0 Å². The Morgan fingerprint density at radius 2 is 1.73 bits per heavy atom. The lowest BCUT2D eigenvalue weighted by Crippen LogP contribution is -2.30. The Morgan fingerprint density at radius 1 is 0.933 bits per heavy atom. The van der Waals surface area contributed by atoms with Crippen LogP contribution in [0.1, 0.15) is 35.2 Å². The van der Waals surface area contributed by atoms with E-state index in [0.717, 1.165) is 36.6 Å². The lowest BCUT2D eigenvalue weighted by molar-refractivity contribution is 0.309. The summed E-state index contributed by atoms with van der Waals surface area (Å²) < 4.78 is 17.3. The molecule has 3 aromatic carbocycles. The molecule has 1 unspecified atom stereocenters. The zero-order valence-electron chi connectivity index (χ0n) is 17.7. The van der Waals surface area contributed by atoms with Gasteiger partial charge in [-0.05, 0) is 59.9 Å². The molecule has 0 saturated carbocycles. The highest BCUT2D eigenvalue weighted by atomic mass is 16.5. The molecule has 0 aromatic heterocycles. The van der Waals surface area contributed by atoms with Crippen LogP contribution in [0.3, 0.4) is 0 Å². The minimum absolute atomic E-state index is 0.136. The van der Waals surface area contributed by atoms with E-state index in [1.165, 1.54) is 22.3 Å².